The first-order valence-electron chi connectivity index (χ1n) is 8.83. The summed E-state index contributed by atoms with van der Waals surface area (Å²) in [5.41, 5.74) is 1.38. The Balaban J connectivity index is 1.82. The SMILES string of the molecule is CCC(C)NC(=O)CC1(N2Cc3ccccc3C2=O)CCOCC1. The minimum atomic E-state index is -0.439. The Kier molecular flexibility index (Phi) is 4.90. The fourth-order valence-corrected chi connectivity index (χ4v) is 3.66. The van der Waals surface area contributed by atoms with Crippen LogP contribution in [0.1, 0.15) is 55.5 Å². The van der Waals surface area contributed by atoms with Gasteiger partial charge in [-0.25, -0.2) is 0 Å². The number of nitrogens with zero attached hydrogens (tertiary/aromatic N) is 1. The lowest BCUT2D eigenvalue weighted by Gasteiger charge is -2.44. The summed E-state index contributed by atoms with van der Waals surface area (Å²) in [6.45, 7) is 5.83. The second-order valence-corrected chi connectivity index (χ2v) is 6.94. The molecular weight excluding hydrogens is 304 g/mol. The number of hydrogen-bond acceptors (Lipinski definition) is 3. The Hall–Kier alpha value is -1.88. The highest BCUT2D eigenvalue weighted by atomic mass is 16.5. The molecule has 3 rings (SSSR count). The molecule has 1 N–H and O–H groups in total. The number of carbonyl (C=O) groups excluding carboxylic acids is 2. The van der Waals surface area contributed by atoms with Crippen molar-refractivity contribution >= 4 is 11.8 Å². The maximum atomic E-state index is 12.9. The van der Waals surface area contributed by atoms with Gasteiger partial charge < -0.3 is 15.0 Å². The van der Waals surface area contributed by atoms with Gasteiger partial charge in [-0.1, -0.05) is 25.1 Å². The van der Waals surface area contributed by atoms with Gasteiger partial charge in [0.1, 0.15) is 0 Å². The maximum Gasteiger partial charge on any atom is 0.254 e. The van der Waals surface area contributed by atoms with E-state index in [4.69, 9.17) is 4.74 Å². The number of carbonyl (C=O) groups is 2. The second-order valence-electron chi connectivity index (χ2n) is 6.94. The highest BCUT2D eigenvalue weighted by Gasteiger charge is 2.46. The van der Waals surface area contributed by atoms with Crippen LogP contribution in [-0.2, 0) is 16.1 Å². The fraction of sp³-hybridized carbons (Fsp3) is 0.579. The Morgan fingerprint density at radius 3 is 2.71 bits per heavy atom. The van der Waals surface area contributed by atoms with Crippen LogP contribution in [0.5, 0.6) is 0 Å². The van der Waals surface area contributed by atoms with E-state index in [9.17, 15) is 9.59 Å². The monoisotopic (exact) mass is 330 g/mol. The zero-order valence-electron chi connectivity index (χ0n) is 14.5. The summed E-state index contributed by atoms with van der Waals surface area (Å²) in [5.74, 6) is 0.0684. The van der Waals surface area contributed by atoms with Gasteiger partial charge in [0.05, 0.1) is 12.0 Å². The highest BCUT2D eigenvalue weighted by molar-refractivity contribution is 5.99. The minimum Gasteiger partial charge on any atom is -0.381 e. The van der Waals surface area contributed by atoms with E-state index in [2.05, 4.69) is 12.2 Å². The van der Waals surface area contributed by atoms with Crippen LogP contribution in [-0.4, -0.2) is 41.5 Å². The number of ether oxygens (including phenoxy) is 1. The van der Waals surface area contributed by atoms with Gasteiger partial charge in [-0.05, 0) is 37.8 Å². The van der Waals surface area contributed by atoms with Crippen molar-refractivity contribution in [1.82, 2.24) is 10.2 Å². The van der Waals surface area contributed by atoms with Gasteiger partial charge in [0.15, 0.2) is 0 Å². The van der Waals surface area contributed by atoms with E-state index in [0.717, 1.165) is 17.5 Å². The lowest BCUT2D eigenvalue weighted by molar-refractivity contribution is -0.126. The Morgan fingerprint density at radius 1 is 1.33 bits per heavy atom. The van der Waals surface area contributed by atoms with Crippen molar-refractivity contribution in [3.8, 4) is 0 Å². The number of amides is 2. The lowest BCUT2D eigenvalue weighted by Crippen LogP contribution is -2.55. The predicted molar refractivity (Wildman–Crippen MR) is 91.6 cm³/mol. The van der Waals surface area contributed by atoms with Gasteiger partial charge in [-0.3, -0.25) is 9.59 Å². The van der Waals surface area contributed by atoms with Crippen molar-refractivity contribution in [3.05, 3.63) is 35.4 Å². The minimum absolute atomic E-state index is 0.0232. The first-order valence-corrected chi connectivity index (χ1v) is 8.83. The molecule has 1 atom stereocenters. The number of benzene rings is 1. The van der Waals surface area contributed by atoms with Gasteiger partial charge >= 0.3 is 0 Å². The summed E-state index contributed by atoms with van der Waals surface area (Å²) in [5, 5.41) is 3.04. The zero-order chi connectivity index (χ0) is 17.2. The van der Waals surface area contributed by atoms with Crippen molar-refractivity contribution in [2.75, 3.05) is 13.2 Å². The van der Waals surface area contributed by atoms with E-state index in [0.29, 0.717) is 39.0 Å². The Labute approximate surface area is 143 Å². The molecule has 2 aliphatic rings. The standard InChI is InChI=1S/C19H26N2O3/c1-3-14(2)20-17(22)12-19(8-10-24-11-9-19)21-13-15-6-4-5-7-16(15)18(21)23/h4-7,14H,3,8-13H2,1-2H3,(H,20,22). The van der Waals surface area contributed by atoms with Crippen LogP contribution in [0, 0.1) is 0 Å². The largest absolute Gasteiger partial charge is 0.381 e. The zero-order valence-corrected chi connectivity index (χ0v) is 14.5. The molecule has 2 amide bonds. The molecule has 1 fully saturated rings. The first-order chi connectivity index (χ1) is 11.6. The van der Waals surface area contributed by atoms with Crippen LogP contribution in [0.4, 0.5) is 0 Å². The molecule has 1 aromatic carbocycles. The van der Waals surface area contributed by atoms with Gasteiger partial charge in [-0.2, -0.15) is 0 Å². The van der Waals surface area contributed by atoms with Crippen molar-refractivity contribution in [2.24, 2.45) is 0 Å². The van der Waals surface area contributed by atoms with Crippen LogP contribution in [0.25, 0.3) is 0 Å². The molecule has 1 unspecified atom stereocenters. The average molecular weight is 330 g/mol. The van der Waals surface area contributed by atoms with Gasteiger partial charge in [0.25, 0.3) is 5.91 Å². The quantitative estimate of drug-likeness (QED) is 0.902. The van der Waals surface area contributed by atoms with E-state index < -0.39 is 5.54 Å². The van der Waals surface area contributed by atoms with Crippen LogP contribution < -0.4 is 5.32 Å². The molecule has 1 saturated heterocycles. The Bertz CT molecular complexity index is 623. The van der Waals surface area contributed by atoms with Crippen molar-refractivity contribution in [1.29, 1.82) is 0 Å². The maximum absolute atomic E-state index is 12.9. The lowest BCUT2D eigenvalue weighted by atomic mass is 9.84. The summed E-state index contributed by atoms with van der Waals surface area (Å²) in [6, 6.07) is 7.89. The second kappa shape index (κ2) is 6.93. The van der Waals surface area contributed by atoms with Gasteiger partial charge in [0.2, 0.25) is 5.91 Å². The van der Waals surface area contributed by atoms with E-state index in [1.165, 1.54) is 0 Å². The molecule has 0 saturated carbocycles. The summed E-state index contributed by atoms with van der Waals surface area (Å²) in [6.07, 6.45) is 2.66. The van der Waals surface area contributed by atoms with Gasteiger partial charge in [0, 0.05) is 31.4 Å². The molecule has 0 radical (unpaired) electrons. The summed E-state index contributed by atoms with van der Waals surface area (Å²) in [4.78, 5) is 27.4. The molecule has 24 heavy (non-hydrogen) atoms. The molecule has 5 nitrogen and oxygen atoms in total. The number of nitrogens with one attached hydrogen (secondary N) is 1. The van der Waals surface area contributed by atoms with E-state index >= 15 is 0 Å². The predicted octanol–water partition coefficient (Wildman–Crippen LogP) is 2.50. The molecular formula is C19H26N2O3. The smallest absolute Gasteiger partial charge is 0.254 e. The number of rotatable bonds is 5. The van der Waals surface area contributed by atoms with Crippen molar-refractivity contribution < 1.29 is 14.3 Å². The van der Waals surface area contributed by atoms with E-state index in [-0.39, 0.29) is 17.9 Å². The molecule has 130 valence electrons. The number of fused-ring (bicyclic) bond motifs is 1. The average Bonchev–Trinajstić information content (AvgIpc) is 2.93. The normalized spacial score (nSPS) is 20.6. The van der Waals surface area contributed by atoms with Crippen LogP contribution in [0.2, 0.25) is 0 Å². The summed E-state index contributed by atoms with van der Waals surface area (Å²) in [7, 11) is 0. The van der Waals surface area contributed by atoms with Crippen LogP contribution in [0.3, 0.4) is 0 Å². The van der Waals surface area contributed by atoms with E-state index in [1.54, 1.807) is 0 Å². The molecule has 0 aliphatic carbocycles. The molecule has 0 aromatic heterocycles. The molecule has 0 bridgehead atoms. The van der Waals surface area contributed by atoms with Crippen LogP contribution in [0.15, 0.2) is 24.3 Å². The molecule has 2 aliphatic heterocycles. The molecule has 1 aromatic rings. The van der Waals surface area contributed by atoms with Gasteiger partial charge in [-0.15, -0.1) is 0 Å². The molecule has 2 heterocycles. The molecule has 0 spiro atoms. The van der Waals surface area contributed by atoms with Crippen LogP contribution >= 0.6 is 0 Å². The van der Waals surface area contributed by atoms with E-state index in [1.807, 2.05) is 36.1 Å². The first kappa shape index (κ1) is 17.0. The third kappa shape index (κ3) is 3.18. The number of hydrogen-bond donors (Lipinski definition) is 1. The summed E-state index contributed by atoms with van der Waals surface area (Å²) >= 11 is 0. The third-order valence-corrected chi connectivity index (χ3v) is 5.33. The molecule has 5 heteroatoms. The topological polar surface area (TPSA) is 58.6 Å². The Morgan fingerprint density at radius 2 is 2.04 bits per heavy atom. The van der Waals surface area contributed by atoms with Crippen molar-refractivity contribution in [3.63, 3.8) is 0 Å². The summed E-state index contributed by atoms with van der Waals surface area (Å²) < 4.78 is 5.51. The fourth-order valence-electron chi connectivity index (χ4n) is 3.66. The highest BCUT2D eigenvalue weighted by Crippen LogP contribution is 2.38. The van der Waals surface area contributed by atoms with Crippen molar-refractivity contribution in [2.45, 2.75) is 57.7 Å². The third-order valence-electron chi connectivity index (χ3n) is 5.33.